The molecule has 2 aromatic heterocycles. The van der Waals surface area contributed by atoms with Crippen molar-refractivity contribution in [3.8, 4) is 0 Å². The molecule has 0 bridgehead atoms. The van der Waals surface area contributed by atoms with Crippen LogP contribution in [-0.4, -0.2) is 61.5 Å². The topological polar surface area (TPSA) is 97.3 Å². The van der Waals surface area contributed by atoms with Crippen LogP contribution in [-0.2, 0) is 13.6 Å². The number of nitrogens with two attached hydrogens (primary N) is 1. The van der Waals surface area contributed by atoms with Crippen molar-refractivity contribution < 1.29 is 13.6 Å². The second-order valence-corrected chi connectivity index (χ2v) is 22.6. The number of nitrogens with zero attached hydrogens (tertiary/aromatic N) is 4. The summed E-state index contributed by atoms with van der Waals surface area (Å²) in [6.07, 6.45) is 3.59. The summed E-state index contributed by atoms with van der Waals surface area (Å²) in [6, 6.07) is 0. The Labute approximate surface area is 211 Å². The fourth-order valence-corrected chi connectivity index (χ4v) is 6.43. The summed E-state index contributed by atoms with van der Waals surface area (Å²) in [4.78, 5) is 8.66. The minimum atomic E-state index is -2.02. The van der Waals surface area contributed by atoms with Crippen LogP contribution in [0.2, 0.25) is 36.3 Å². The van der Waals surface area contributed by atoms with Gasteiger partial charge in [0.25, 0.3) is 0 Å². The van der Waals surface area contributed by atoms with Crippen LogP contribution in [0.3, 0.4) is 0 Å². The lowest BCUT2D eigenvalue weighted by Crippen LogP contribution is -2.48. The zero-order chi connectivity index (χ0) is 25.7. The summed E-state index contributed by atoms with van der Waals surface area (Å²) >= 11 is 1.53. The lowest BCUT2D eigenvalue weighted by Gasteiger charge is -2.40. The maximum absolute atomic E-state index is 6.89. The van der Waals surface area contributed by atoms with Gasteiger partial charge in [0, 0.05) is 6.42 Å². The van der Waals surface area contributed by atoms with Gasteiger partial charge in [0.15, 0.2) is 28.5 Å². The number of hydrogen-bond donors (Lipinski definition) is 1. The summed E-state index contributed by atoms with van der Waals surface area (Å²) < 4.78 is 22.0. The van der Waals surface area contributed by atoms with E-state index >= 15 is 0 Å². The molecule has 1 aliphatic heterocycles. The van der Waals surface area contributed by atoms with Crippen LogP contribution >= 0.6 is 11.8 Å². The molecule has 0 amide bonds. The third kappa shape index (κ3) is 5.39. The molecule has 11 heteroatoms. The molecular weight excluding hydrogens is 483 g/mol. The van der Waals surface area contributed by atoms with Crippen molar-refractivity contribution in [1.29, 1.82) is 0 Å². The van der Waals surface area contributed by atoms with Gasteiger partial charge in [0.1, 0.15) is 23.3 Å². The summed E-state index contributed by atoms with van der Waals surface area (Å²) in [5.74, 6) is 0.436. The predicted molar refractivity (Wildman–Crippen MR) is 145 cm³/mol. The first kappa shape index (κ1) is 27.6. The smallest absolute Gasteiger partial charge is 0.192 e. The normalized spacial score (nSPS) is 22.6. The molecule has 0 radical (unpaired) electrons. The zero-order valence-corrected chi connectivity index (χ0v) is 25.5. The highest BCUT2D eigenvalue weighted by Gasteiger charge is 2.47. The monoisotopic (exact) mass is 525 g/mol. The molecule has 1 aliphatic rings. The molecule has 0 aliphatic carbocycles. The van der Waals surface area contributed by atoms with E-state index in [9.17, 15) is 0 Å². The second-order valence-electron chi connectivity index (χ2n) is 12.3. The molecule has 3 atom stereocenters. The van der Waals surface area contributed by atoms with Gasteiger partial charge in [0.05, 0.1) is 18.1 Å². The molecule has 0 aromatic carbocycles. The average molecular weight is 526 g/mol. The van der Waals surface area contributed by atoms with E-state index in [1.165, 1.54) is 18.1 Å². The molecule has 3 rings (SSSR count). The lowest BCUT2D eigenvalue weighted by atomic mass is 10.2. The van der Waals surface area contributed by atoms with Crippen molar-refractivity contribution in [3.05, 3.63) is 6.33 Å². The van der Waals surface area contributed by atoms with Crippen LogP contribution < -0.4 is 5.73 Å². The van der Waals surface area contributed by atoms with Crippen LogP contribution in [0.1, 0.15) is 54.2 Å². The Morgan fingerprint density at radius 3 is 2.26 bits per heavy atom. The van der Waals surface area contributed by atoms with E-state index in [-0.39, 0.29) is 28.5 Å². The molecule has 8 nitrogen and oxygen atoms in total. The maximum atomic E-state index is 6.89. The van der Waals surface area contributed by atoms with Gasteiger partial charge < -0.3 is 19.3 Å². The second kappa shape index (κ2) is 9.47. The Balaban J connectivity index is 1.93. The summed E-state index contributed by atoms with van der Waals surface area (Å²) in [5.41, 5.74) is 6.87. The predicted octanol–water partition coefficient (Wildman–Crippen LogP) is 5.83. The number of aromatic nitrogens is 4. The van der Waals surface area contributed by atoms with Crippen molar-refractivity contribution in [2.45, 2.75) is 108 Å². The lowest BCUT2D eigenvalue weighted by molar-refractivity contribution is -0.0428. The highest BCUT2D eigenvalue weighted by molar-refractivity contribution is 7.98. The molecule has 1 saturated heterocycles. The zero-order valence-electron chi connectivity index (χ0n) is 22.7. The molecule has 34 heavy (non-hydrogen) atoms. The van der Waals surface area contributed by atoms with Crippen molar-refractivity contribution in [2.75, 3.05) is 18.6 Å². The molecule has 1 fully saturated rings. The average Bonchev–Trinajstić information content (AvgIpc) is 3.26. The first-order valence-electron chi connectivity index (χ1n) is 12.0. The first-order chi connectivity index (χ1) is 15.5. The number of hydrogen-bond acceptors (Lipinski definition) is 8. The van der Waals surface area contributed by atoms with E-state index in [0.717, 1.165) is 10.4 Å². The van der Waals surface area contributed by atoms with E-state index in [1.807, 2.05) is 10.9 Å². The highest BCUT2D eigenvalue weighted by Crippen LogP contribution is 2.43. The maximum Gasteiger partial charge on any atom is 0.192 e. The van der Waals surface area contributed by atoms with Gasteiger partial charge in [-0.3, -0.25) is 0 Å². The van der Waals surface area contributed by atoms with Crippen LogP contribution in [0.25, 0.3) is 11.0 Å². The summed E-state index contributed by atoms with van der Waals surface area (Å²) in [6.45, 7) is 23.2. The third-order valence-electron chi connectivity index (χ3n) is 7.80. The highest BCUT2D eigenvalue weighted by atomic mass is 32.2. The number of anilines is 1. The molecule has 0 spiro atoms. The van der Waals surface area contributed by atoms with Crippen LogP contribution in [0.4, 0.5) is 5.82 Å². The van der Waals surface area contributed by atoms with Crippen LogP contribution in [0.5, 0.6) is 0 Å². The quantitative estimate of drug-likeness (QED) is 0.356. The Kier molecular flexibility index (Phi) is 7.69. The SMILES string of the molecule is CSc1nn([C@H]2C[C@H](O[Si](C)(C)C(C)(C)C)[C@@H](CO[Si](C)(C)C(C)(C)C)O2)c2ncnc(N)c12. The van der Waals surface area contributed by atoms with Crippen molar-refractivity contribution in [1.82, 2.24) is 19.7 Å². The van der Waals surface area contributed by atoms with E-state index in [4.69, 9.17) is 24.4 Å². The standard InChI is InChI=1S/C23H43N5O3SSi2/c1-22(2,3)33(8,9)29-13-16-15(31-34(10,11)23(4,5)6)12-17(30-16)28-20-18(21(27-28)32-7)19(24)25-14-26-20/h14-17H,12-13H2,1-11H3,(H2,24,25,26)/t15-,16+,17+/m0/s1. The molecule has 0 unspecified atom stereocenters. The van der Waals surface area contributed by atoms with Gasteiger partial charge >= 0.3 is 0 Å². The largest absolute Gasteiger partial charge is 0.414 e. The number of rotatable bonds is 7. The van der Waals surface area contributed by atoms with Gasteiger partial charge in [-0.2, -0.15) is 5.10 Å². The molecule has 2 aromatic rings. The summed E-state index contributed by atoms with van der Waals surface area (Å²) in [5, 5.41) is 6.62. The van der Waals surface area contributed by atoms with Crippen molar-refractivity contribution >= 4 is 45.2 Å². The summed E-state index contributed by atoms with van der Waals surface area (Å²) in [7, 11) is -3.96. The number of thioether (sulfide) groups is 1. The molecular formula is C23H43N5O3SSi2. The van der Waals surface area contributed by atoms with E-state index in [1.54, 1.807) is 0 Å². The van der Waals surface area contributed by atoms with E-state index in [2.05, 4.69) is 77.7 Å². The van der Waals surface area contributed by atoms with Crippen molar-refractivity contribution in [2.24, 2.45) is 0 Å². The van der Waals surface area contributed by atoms with Gasteiger partial charge in [0.2, 0.25) is 0 Å². The Hall–Kier alpha value is -0.986. The minimum absolute atomic E-state index is 0.0770. The molecule has 2 N–H and O–H groups in total. The fourth-order valence-electron chi connectivity index (χ4n) is 3.49. The first-order valence-corrected chi connectivity index (χ1v) is 19.0. The van der Waals surface area contributed by atoms with E-state index < -0.39 is 16.6 Å². The van der Waals surface area contributed by atoms with E-state index in [0.29, 0.717) is 24.5 Å². The molecule has 0 saturated carbocycles. The number of nitrogen functional groups attached to an aromatic ring is 1. The Morgan fingerprint density at radius 1 is 1.09 bits per heavy atom. The fraction of sp³-hybridized carbons (Fsp3) is 0.783. The van der Waals surface area contributed by atoms with Crippen LogP contribution in [0.15, 0.2) is 11.4 Å². The van der Waals surface area contributed by atoms with Gasteiger partial charge in [-0.15, -0.1) is 11.8 Å². The van der Waals surface area contributed by atoms with Gasteiger partial charge in [-0.1, -0.05) is 41.5 Å². The number of fused-ring (bicyclic) bond motifs is 1. The van der Waals surface area contributed by atoms with Gasteiger partial charge in [-0.25, -0.2) is 14.6 Å². The minimum Gasteiger partial charge on any atom is -0.414 e. The van der Waals surface area contributed by atoms with Crippen molar-refractivity contribution in [3.63, 3.8) is 0 Å². The third-order valence-corrected chi connectivity index (χ3v) is 17.5. The Bertz CT molecular complexity index is 1020. The molecule has 192 valence electrons. The van der Waals surface area contributed by atoms with Crippen LogP contribution in [0, 0.1) is 0 Å². The Morgan fingerprint density at radius 2 is 1.71 bits per heavy atom. The van der Waals surface area contributed by atoms with Gasteiger partial charge in [-0.05, 0) is 42.5 Å². The molecule has 3 heterocycles. The number of ether oxygens (including phenoxy) is 1.